The third kappa shape index (κ3) is 5.16. The van der Waals surface area contributed by atoms with Crippen molar-refractivity contribution in [3.05, 3.63) is 47.6 Å². The topological polar surface area (TPSA) is 64.1 Å². The van der Waals surface area contributed by atoms with Crippen LogP contribution in [-0.4, -0.2) is 33.8 Å². The largest absolute Gasteiger partial charge is 0.474 e. The number of halogens is 1. The molecule has 5 nitrogen and oxygen atoms in total. The number of hydrogen-bond acceptors (Lipinski definition) is 6. The highest BCUT2D eigenvalue weighted by Crippen LogP contribution is 2.29. The van der Waals surface area contributed by atoms with Crippen LogP contribution < -0.4 is 10.1 Å². The summed E-state index contributed by atoms with van der Waals surface area (Å²) >= 11 is 8.97. The number of para-hydroxylation sites is 1. The maximum Gasteiger partial charge on any atom is 0.230 e. The van der Waals surface area contributed by atoms with Gasteiger partial charge < -0.3 is 10.1 Å². The van der Waals surface area contributed by atoms with E-state index in [4.69, 9.17) is 16.3 Å². The number of thioether (sulfide) groups is 1. The number of nitrogens with zero attached hydrogens (tertiary/aromatic N) is 2. The van der Waals surface area contributed by atoms with Crippen LogP contribution in [0, 0.1) is 0 Å². The summed E-state index contributed by atoms with van der Waals surface area (Å²) in [7, 11) is 0. The third-order valence-electron chi connectivity index (χ3n) is 4.63. The summed E-state index contributed by atoms with van der Waals surface area (Å²) in [5.41, 5.74) is 0.990. The second-order valence-corrected chi connectivity index (χ2v) is 9.40. The summed E-state index contributed by atoms with van der Waals surface area (Å²) in [5, 5.41) is 3.74. The minimum absolute atomic E-state index is 0.0630. The first-order valence-electron chi connectivity index (χ1n) is 9.21. The minimum Gasteiger partial charge on any atom is -0.474 e. The summed E-state index contributed by atoms with van der Waals surface area (Å²) in [6.07, 6.45) is 5.36. The molecule has 0 atom stereocenters. The Labute approximate surface area is 176 Å². The fourth-order valence-corrected chi connectivity index (χ4v) is 5.23. The zero-order valence-electron chi connectivity index (χ0n) is 15.1. The highest BCUT2D eigenvalue weighted by molar-refractivity contribution is 8.01. The Bertz CT molecular complexity index is 907. The van der Waals surface area contributed by atoms with Gasteiger partial charge in [-0.2, -0.15) is 0 Å². The maximum atomic E-state index is 12.3. The number of amides is 1. The van der Waals surface area contributed by atoms with Crippen LogP contribution in [0.2, 0.25) is 5.02 Å². The fraction of sp³-hybridized carbons (Fsp3) is 0.350. The molecule has 4 rings (SSSR count). The average molecular weight is 434 g/mol. The van der Waals surface area contributed by atoms with Crippen molar-refractivity contribution < 1.29 is 9.53 Å². The van der Waals surface area contributed by atoms with Gasteiger partial charge in [-0.1, -0.05) is 35.5 Å². The van der Waals surface area contributed by atoms with Crippen molar-refractivity contribution in [3.63, 3.8) is 0 Å². The van der Waals surface area contributed by atoms with Crippen molar-refractivity contribution in [3.8, 4) is 5.88 Å². The van der Waals surface area contributed by atoms with Gasteiger partial charge in [-0.15, -0.1) is 11.3 Å². The molecule has 2 heterocycles. The first-order valence-corrected chi connectivity index (χ1v) is 11.4. The first-order chi connectivity index (χ1) is 13.7. The number of ether oxygens (including phenoxy) is 1. The van der Waals surface area contributed by atoms with Crippen molar-refractivity contribution in [1.82, 2.24) is 15.3 Å². The molecule has 1 aromatic carbocycles. The zero-order chi connectivity index (χ0) is 19.3. The van der Waals surface area contributed by atoms with Gasteiger partial charge in [0.2, 0.25) is 11.8 Å². The van der Waals surface area contributed by atoms with E-state index in [1.807, 2.05) is 18.2 Å². The zero-order valence-corrected chi connectivity index (χ0v) is 17.5. The highest BCUT2D eigenvalue weighted by Gasteiger charge is 2.24. The number of thiazole rings is 1. The lowest BCUT2D eigenvalue weighted by molar-refractivity contribution is -0.119. The van der Waals surface area contributed by atoms with Crippen LogP contribution in [0.4, 0.5) is 0 Å². The minimum atomic E-state index is 0.0630. The number of fused-ring (bicyclic) bond motifs is 1. The number of aromatic nitrogens is 2. The Morgan fingerprint density at radius 3 is 2.79 bits per heavy atom. The van der Waals surface area contributed by atoms with Crippen molar-refractivity contribution in [2.45, 2.75) is 42.2 Å². The van der Waals surface area contributed by atoms with E-state index in [2.05, 4.69) is 21.4 Å². The van der Waals surface area contributed by atoms with Crippen LogP contribution in [0.1, 0.15) is 25.7 Å². The van der Waals surface area contributed by atoms with Crippen molar-refractivity contribution in [2.75, 3.05) is 5.75 Å². The summed E-state index contributed by atoms with van der Waals surface area (Å²) in [5.74, 6) is 1.06. The van der Waals surface area contributed by atoms with Crippen molar-refractivity contribution in [2.24, 2.45) is 0 Å². The molecular formula is C20H20ClN3O2S2. The van der Waals surface area contributed by atoms with Gasteiger partial charge in [0.25, 0.3) is 0 Å². The van der Waals surface area contributed by atoms with Gasteiger partial charge in [-0.25, -0.2) is 9.97 Å². The normalized spacial score (nSPS) is 19.5. The van der Waals surface area contributed by atoms with E-state index in [0.717, 1.165) is 40.2 Å². The van der Waals surface area contributed by atoms with E-state index in [1.165, 1.54) is 11.8 Å². The summed E-state index contributed by atoms with van der Waals surface area (Å²) in [6, 6.07) is 11.8. The van der Waals surface area contributed by atoms with Gasteiger partial charge in [0.15, 0.2) is 4.34 Å². The number of carbonyl (C=O) groups is 1. The molecule has 28 heavy (non-hydrogen) atoms. The van der Waals surface area contributed by atoms with Gasteiger partial charge >= 0.3 is 0 Å². The van der Waals surface area contributed by atoms with Gasteiger partial charge in [0.05, 0.1) is 21.0 Å². The number of rotatable bonds is 6. The maximum absolute atomic E-state index is 12.3. The Hall–Kier alpha value is -1.83. The smallest absolute Gasteiger partial charge is 0.230 e. The second-order valence-electron chi connectivity index (χ2n) is 6.71. The number of benzene rings is 1. The summed E-state index contributed by atoms with van der Waals surface area (Å²) in [6.45, 7) is 0. The van der Waals surface area contributed by atoms with E-state index in [-0.39, 0.29) is 18.1 Å². The van der Waals surface area contributed by atoms with Crippen LogP contribution in [0.15, 0.2) is 46.9 Å². The molecule has 1 aliphatic rings. The molecule has 0 aliphatic heterocycles. The lowest BCUT2D eigenvalue weighted by Crippen LogP contribution is -2.40. The molecule has 146 valence electrons. The average Bonchev–Trinajstić information content (AvgIpc) is 3.13. The lowest BCUT2D eigenvalue weighted by atomic mass is 9.93. The molecule has 0 radical (unpaired) electrons. The van der Waals surface area contributed by atoms with Gasteiger partial charge in [0, 0.05) is 18.3 Å². The molecule has 8 heteroatoms. The van der Waals surface area contributed by atoms with Gasteiger partial charge in [-0.3, -0.25) is 4.79 Å². The molecule has 1 N–H and O–H groups in total. The number of nitrogens with one attached hydrogen (secondary N) is 1. The Kier molecular flexibility index (Phi) is 6.34. The lowest BCUT2D eigenvalue weighted by Gasteiger charge is -2.29. The molecule has 1 fully saturated rings. The molecule has 2 aromatic heterocycles. The molecule has 1 aliphatic carbocycles. The predicted molar refractivity (Wildman–Crippen MR) is 114 cm³/mol. The summed E-state index contributed by atoms with van der Waals surface area (Å²) in [4.78, 5) is 21.0. The number of pyridine rings is 1. The second kappa shape index (κ2) is 9.11. The standard InChI is InChI=1S/C20H20ClN3O2S2/c21-13-5-10-19(22-11-13)26-15-8-6-14(7-9-15)23-18(25)12-27-20-24-16-3-1-2-4-17(16)28-20/h1-5,10-11,14-15H,6-9,12H2,(H,23,25). The SMILES string of the molecule is O=C(CSc1nc2ccccc2s1)NC1CCC(Oc2ccc(Cl)cn2)CC1. The molecule has 3 aromatic rings. The predicted octanol–water partition coefficient (Wildman–Crippen LogP) is 4.94. The van der Waals surface area contributed by atoms with E-state index >= 15 is 0 Å². The van der Waals surface area contributed by atoms with Crippen LogP contribution in [0.25, 0.3) is 10.2 Å². The molecule has 1 amide bonds. The van der Waals surface area contributed by atoms with Crippen LogP contribution in [0.5, 0.6) is 5.88 Å². The Morgan fingerprint density at radius 2 is 2.04 bits per heavy atom. The van der Waals surface area contributed by atoms with Crippen molar-refractivity contribution in [1.29, 1.82) is 0 Å². The number of hydrogen-bond donors (Lipinski definition) is 1. The first kappa shape index (κ1) is 19.5. The monoisotopic (exact) mass is 433 g/mol. The van der Waals surface area contributed by atoms with Crippen LogP contribution in [0.3, 0.4) is 0 Å². The van der Waals surface area contributed by atoms with E-state index in [1.54, 1.807) is 29.7 Å². The summed E-state index contributed by atoms with van der Waals surface area (Å²) < 4.78 is 7.99. The highest BCUT2D eigenvalue weighted by atomic mass is 35.5. The fourth-order valence-electron chi connectivity index (χ4n) is 3.24. The van der Waals surface area contributed by atoms with E-state index < -0.39 is 0 Å². The van der Waals surface area contributed by atoms with Crippen molar-refractivity contribution >= 4 is 50.8 Å². The molecule has 0 saturated heterocycles. The molecule has 0 spiro atoms. The van der Waals surface area contributed by atoms with E-state index in [9.17, 15) is 4.79 Å². The third-order valence-corrected chi connectivity index (χ3v) is 7.03. The number of carbonyl (C=O) groups excluding carboxylic acids is 1. The molecule has 1 saturated carbocycles. The van der Waals surface area contributed by atoms with Gasteiger partial charge in [-0.05, 0) is 43.9 Å². The van der Waals surface area contributed by atoms with Crippen LogP contribution in [-0.2, 0) is 4.79 Å². The molecule has 0 bridgehead atoms. The Morgan fingerprint density at radius 1 is 1.21 bits per heavy atom. The van der Waals surface area contributed by atoms with Gasteiger partial charge in [0.1, 0.15) is 6.10 Å². The molecule has 0 unspecified atom stereocenters. The van der Waals surface area contributed by atoms with E-state index in [0.29, 0.717) is 16.7 Å². The van der Waals surface area contributed by atoms with Crippen LogP contribution >= 0.6 is 34.7 Å². The Balaban J connectivity index is 1.20. The quantitative estimate of drug-likeness (QED) is 0.557. The molecular weight excluding hydrogens is 414 g/mol.